The second kappa shape index (κ2) is 7.95. The van der Waals surface area contributed by atoms with Crippen molar-refractivity contribution in [1.29, 1.82) is 0 Å². The zero-order valence-corrected chi connectivity index (χ0v) is 14.0. The molecule has 0 aromatic heterocycles. The van der Waals surface area contributed by atoms with Gasteiger partial charge in [-0.3, -0.25) is 10.1 Å². The van der Waals surface area contributed by atoms with Crippen LogP contribution in [0.4, 0.5) is 19.3 Å². The fraction of sp³-hybridized carbons (Fsp3) is 0.263. The Morgan fingerprint density at radius 3 is 2.27 bits per heavy atom. The van der Waals surface area contributed by atoms with Crippen LogP contribution in [0.25, 0.3) is 0 Å². The van der Waals surface area contributed by atoms with Crippen LogP contribution in [0.3, 0.4) is 0 Å². The van der Waals surface area contributed by atoms with E-state index in [1.54, 1.807) is 4.90 Å². The van der Waals surface area contributed by atoms with Gasteiger partial charge in [-0.15, -0.1) is 0 Å². The van der Waals surface area contributed by atoms with Crippen molar-refractivity contribution in [2.75, 3.05) is 18.4 Å². The van der Waals surface area contributed by atoms with Gasteiger partial charge in [0.1, 0.15) is 17.7 Å². The van der Waals surface area contributed by atoms with Crippen molar-refractivity contribution in [3.63, 3.8) is 0 Å². The summed E-state index contributed by atoms with van der Waals surface area (Å²) in [5.74, 6) is -1.03. The number of rotatable bonds is 3. The van der Waals surface area contributed by atoms with Gasteiger partial charge in [0.25, 0.3) is 5.91 Å². The number of amides is 2. The average molecular weight is 360 g/mol. The maximum atomic E-state index is 13.0. The van der Waals surface area contributed by atoms with E-state index in [2.05, 4.69) is 5.32 Å². The Morgan fingerprint density at radius 1 is 1.00 bits per heavy atom. The first-order chi connectivity index (χ1) is 12.5. The Labute approximate surface area is 149 Å². The quantitative estimate of drug-likeness (QED) is 0.905. The van der Waals surface area contributed by atoms with Crippen LogP contribution in [0.5, 0.6) is 0 Å². The summed E-state index contributed by atoms with van der Waals surface area (Å²) in [5, 5.41) is 2.53. The number of carbonyl (C=O) groups is 2. The molecule has 1 atom stereocenters. The molecule has 0 saturated carbocycles. The molecular formula is C19H18F2N2O3. The number of nitrogens with one attached hydrogen (secondary N) is 1. The highest BCUT2D eigenvalue weighted by Gasteiger charge is 2.27. The third-order valence-corrected chi connectivity index (χ3v) is 4.12. The summed E-state index contributed by atoms with van der Waals surface area (Å²) in [7, 11) is 0. The van der Waals surface area contributed by atoms with E-state index >= 15 is 0 Å². The summed E-state index contributed by atoms with van der Waals surface area (Å²) in [6, 6.07) is 10.7. The van der Waals surface area contributed by atoms with Crippen molar-refractivity contribution in [2.45, 2.75) is 18.9 Å². The molecule has 2 aromatic rings. The van der Waals surface area contributed by atoms with E-state index in [9.17, 15) is 18.4 Å². The third kappa shape index (κ3) is 4.56. The molecule has 1 fully saturated rings. The summed E-state index contributed by atoms with van der Waals surface area (Å²) >= 11 is 0. The molecule has 0 aliphatic carbocycles. The number of carbonyl (C=O) groups excluding carboxylic acids is 2. The van der Waals surface area contributed by atoms with Gasteiger partial charge in [-0.25, -0.2) is 13.6 Å². The molecule has 0 radical (unpaired) electrons. The SMILES string of the molecule is O=C(Nc1ccc(F)cc1)OC1CCCN(C(=O)c2ccc(F)cc2)C1. The molecule has 7 heteroatoms. The number of halogens is 2. The number of hydrogen-bond acceptors (Lipinski definition) is 3. The van der Waals surface area contributed by atoms with E-state index in [0.717, 1.165) is 0 Å². The van der Waals surface area contributed by atoms with E-state index in [1.165, 1.54) is 48.5 Å². The smallest absolute Gasteiger partial charge is 0.411 e. The Kier molecular flexibility index (Phi) is 5.46. The molecule has 136 valence electrons. The van der Waals surface area contributed by atoms with Crippen LogP contribution in [0, 0.1) is 11.6 Å². The Morgan fingerprint density at radius 2 is 1.62 bits per heavy atom. The van der Waals surface area contributed by atoms with Crippen LogP contribution in [0.2, 0.25) is 0 Å². The molecule has 1 heterocycles. The Hall–Kier alpha value is -2.96. The van der Waals surface area contributed by atoms with Gasteiger partial charge in [0.15, 0.2) is 0 Å². The topological polar surface area (TPSA) is 58.6 Å². The molecule has 1 N–H and O–H groups in total. The first-order valence-electron chi connectivity index (χ1n) is 8.29. The lowest BCUT2D eigenvalue weighted by Crippen LogP contribution is -2.44. The van der Waals surface area contributed by atoms with Crippen LogP contribution >= 0.6 is 0 Å². The number of piperidine rings is 1. The lowest BCUT2D eigenvalue weighted by Gasteiger charge is -2.32. The van der Waals surface area contributed by atoms with E-state index in [1.807, 2.05) is 0 Å². The Bertz CT molecular complexity index is 778. The lowest BCUT2D eigenvalue weighted by atomic mass is 10.1. The summed E-state index contributed by atoms with van der Waals surface area (Å²) in [6.07, 6.45) is 0.247. The van der Waals surface area contributed by atoms with Gasteiger partial charge < -0.3 is 9.64 Å². The van der Waals surface area contributed by atoms with Crippen molar-refractivity contribution >= 4 is 17.7 Å². The molecule has 5 nitrogen and oxygen atoms in total. The highest BCUT2D eigenvalue weighted by Crippen LogP contribution is 2.17. The van der Waals surface area contributed by atoms with E-state index in [0.29, 0.717) is 30.6 Å². The number of nitrogens with zero attached hydrogens (tertiary/aromatic N) is 1. The van der Waals surface area contributed by atoms with Crippen molar-refractivity contribution < 1.29 is 23.1 Å². The molecule has 2 amide bonds. The van der Waals surface area contributed by atoms with Crippen molar-refractivity contribution in [3.05, 3.63) is 65.7 Å². The van der Waals surface area contributed by atoms with Gasteiger partial charge >= 0.3 is 6.09 Å². The molecule has 1 aliphatic rings. The largest absolute Gasteiger partial charge is 0.444 e. The van der Waals surface area contributed by atoms with Gasteiger partial charge in [0, 0.05) is 17.8 Å². The molecule has 0 spiro atoms. The zero-order valence-electron chi connectivity index (χ0n) is 14.0. The van der Waals surface area contributed by atoms with Crippen LogP contribution < -0.4 is 5.32 Å². The number of benzene rings is 2. The molecule has 2 aromatic carbocycles. The minimum Gasteiger partial charge on any atom is -0.444 e. The summed E-state index contributed by atoms with van der Waals surface area (Å²) in [6.45, 7) is 0.822. The highest BCUT2D eigenvalue weighted by atomic mass is 19.1. The maximum absolute atomic E-state index is 13.0. The molecule has 1 saturated heterocycles. The van der Waals surface area contributed by atoms with Crippen molar-refractivity contribution in [2.24, 2.45) is 0 Å². The highest BCUT2D eigenvalue weighted by molar-refractivity contribution is 5.94. The van der Waals surface area contributed by atoms with Gasteiger partial charge in [0.2, 0.25) is 0 Å². The van der Waals surface area contributed by atoms with Crippen molar-refractivity contribution in [1.82, 2.24) is 4.90 Å². The number of hydrogen-bond donors (Lipinski definition) is 1. The molecule has 26 heavy (non-hydrogen) atoms. The van der Waals surface area contributed by atoms with Crippen LogP contribution in [-0.4, -0.2) is 36.1 Å². The van der Waals surface area contributed by atoms with E-state index in [4.69, 9.17) is 4.74 Å². The summed E-state index contributed by atoms with van der Waals surface area (Å²) in [4.78, 5) is 26.0. The predicted octanol–water partition coefficient (Wildman–Crippen LogP) is 3.82. The number of likely N-dealkylation sites (tertiary alicyclic amines) is 1. The van der Waals surface area contributed by atoms with Gasteiger partial charge in [-0.05, 0) is 61.4 Å². The van der Waals surface area contributed by atoms with Gasteiger partial charge in [-0.1, -0.05) is 0 Å². The minimum absolute atomic E-state index is 0.225. The lowest BCUT2D eigenvalue weighted by molar-refractivity contribution is 0.0387. The second-order valence-corrected chi connectivity index (χ2v) is 6.06. The molecule has 1 unspecified atom stereocenters. The molecule has 0 bridgehead atoms. The van der Waals surface area contributed by atoms with E-state index < -0.39 is 23.8 Å². The number of ether oxygens (including phenoxy) is 1. The standard InChI is InChI=1S/C19H18F2N2O3/c20-14-5-3-13(4-6-14)18(24)23-11-1-2-17(12-23)26-19(25)22-16-9-7-15(21)8-10-16/h3-10,17H,1-2,11-12H2,(H,22,25). The summed E-state index contributed by atoms with van der Waals surface area (Å²) < 4.78 is 31.2. The van der Waals surface area contributed by atoms with Gasteiger partial charge in [-0.2, -0.15) is 0 Å². The molecule has 3 rings (SSSR count). The van der Waals surface area contributed by atoms with Crippen LogP contribution in [0.15, 0.2) is 48.5 Å². The third-order valence-electron chi connectivity index (χ3n) is 4.12. The van der Waals surface area contributed by atoms with Gasteiger partial charge in [0.05, 0.1) is 6.54 Å². The Balaban J connectivity index is 1.56. The van der Waals surface area contributed by atoms with E-state index in [-0.39, 0.29) is 12.5 Å². The first-order valence-corrected chi connectivity index (χ1v) is 8.29. The monoisotopic (exact) mass is 360 g/mol. The zero-order chi connectivity index (χ0) is 18.5. The molecular weight excluding hydrogens is 342 g/mol. The maximum Gasteiger partial charge on any atom is 0.411 e. The predicted molar refractivity (Wildman–Crippen MR) is 91.8 cm³/mol. The van der Waals surface area contributed by atoms with Crippen molar-refractivity contribution in [3.8, 4) is 0 Å². The number of anilines is 1. The molecule has 1 aliphatic heterocycles. The summed E-state index contributed by atoms with van der Waals surface area (Å²) in [5.41, 5.74) is 0.814. The second-order valence-electron chi connectivity index (χ2n) is 6.06. The fourth-order valence-corrected chi connectivity index (χ4v) is 2.83. The average Bonchev–Trinajstić information content (AvgIpc) is 2.64. The van der Waals surface area contributed by atoms with Crippen LogP contribution in [-0.2, 0) is 4.74 Å². The first kappa shape index (κ1) is 17.8. The van der Waals surface area contributed by atoms with Crippen LogP contribution in [0.1, 0.15) is 23.2 Å². The fourth-order valence-electron chi connectivity index (χ4n) is 2.83. The minimum atomic E-state index is -0.655. The normalized spacial score (nSPS) is 16.8.